The summed E-state index contributed by atoms with van der Waals surface area (Å²) >= 11 is 0. The Morgan fingerprint density at radius 2 is 0.643 bits per heavy atom. The SMILES string of the molecule is CCCCCCCCCCCCOCCOCCOCCOCCOCCOCCOCCOCCOCCOCCOCCOCCOCCN(C)C(=O)OCC1c2ccccc2-c2ccccc21. The number of ether oxygens (including phenoxy) is 14. The highest BCUT2D eigenvalue weighted by atomic mass is 16.6. The van der Waals surface area contributed by atoms with E-state index in [-0.39, 0.29) is 12.0 Å². The Hall–Kier alpha value is -2.81. The Balaban J connectivity index is 0.902. The third-order valence-corrected chi connectivity index (χ3v) is 11.3. The van der Waals surface area contributed by atoms with E-state index in [4.69, 9.17) is 66.3 Å². The molecular weight excluding hydrogens is 903 g/mol. The zero-order chi connectivity index (χ0) is 49.5. The monoisotopic (exact) mass is 994 g/mol. The van der Waals surface area contributed by atoms with Gasteiger partial charge in [0.15, 0.2) is 0 Å². The van der Waals surface area contributed by atoms with Crippen LogP contribution < -0.4 is 0 Å². The Morgan fingerprint density at radius 3 is 0.971 bits per heavy atom. The minimum absolute atomic E-state index is 0.0357. The second kappa shape index (κ2) is 46.0. The van der Waals surface area contributed by atoms with Crippen LogP contribution in [0.4, 0.5) is 4.79 Å². The van der Waals surface area contributed by atoms with Crippen molar-refractivity contribution in [2.24, 2.45) is 0 Å². The van der Waals surface area contributed by atoms with E-state index in [0.717, 1.165) is 13.0 Å². The molecule has 0 saturated carbocycles. The average Bonchev–Trinajstić information content (AvgIpc) is 3.70. The second-order valence-electron chi connectivity index (χ2n) is 16.9. The largest absolute Gasteiger partial charge is 0.448 e. The van der Waals surface area contributed by atoms with E-state index in [2.05, 4.69) is 31.2 Å². The fourth-order valence-corrected chi connectivity index (χ4v) is 7.43. The van der Waals surface area contributed by atoms with Crippen LogP contribution in [0.1, 0.15) is 88.2 Å². The maximum Gasteiger partial charge on any atom is 0.409 e. The number of fused-ring (bicyclic) bond motifs is 3. The van der Waals surface area contributed by atoms with Gasteiger partial charge in [0.1, 0.15) is 6.61 Å². The summed E-state index contributed by atoms with van der Waals surface area (Å²) in [5.74, 6) is 0.0357. The van der Waals surface area contributed by atoms with Crippen LogP contribution in [-0.2, 0) is 66.3 Å². The van der Waals surface area contributed by atoms with Crippen LogP contribution >= 0.6 is 0 Å². The van der Waals surface area contributed by atoms with Gasteiger partial charge in [-0.05, 0) is 28.7 Å². The number of carbonyl (C=O) groups excluding carboxylic acids is 1. The van der Waals surface area contributed by atoms with Crippen molar-refractivity contribution in [3.63, 3.8) is 0 Å². The van der Waals surface area contributed by atoms with Gasteiger partial charge in [0.05, 0.1) is 165 Å². The van der Waals surface area contributed by atoms with Crippen LogP contribution in [0.5, 0.6) is 0 Å². The number of hydrogen-bond donors (Lipinski definition) is 0. The number of unbranched alkanes of at least 4 members (excludes halogenated alkanes) is 9. The number of likely N-dealkylation sites (N-methyl/N-ethyl adjacent to an activating group) is 1. The van der Waals surface area contributed by atoms with E-state index < -0.39 is 0 Å². The Morgan fingerprint density at radius 1 is 0.371 bits per heavy atom. The minimum atomic E-state index is -0.365. The summed E-state index contributed by atoms with van der Waals surface area (Å²) in [4.78, 5) is 14.2. The van der Waals surface area contributed by atoms with Crippen molar-refractivity contribution in [1.29, 1.82) is 0 Å². The van der Waals surface area contributed by atoms with Gasteiger partial charge in [-0.1, -0.05) is 113 Å². The molecule has 0 spiro atoms. The standard InChI is InChI=1S/C54H91NO15/c1-3-4-5-6-7-8-9-10-11-16-22-57-24-26-59-28-30-61-32-34-63-36-38-65-40-42-67-44-46-69-47-45-68-43-41-66-39-37-64-35-33-62-31-29-60-27-25-58-23-21-55(2)54(56)70-48-53-51-19-14-12-17-49(51)50-18-13-15-20-52(50)53/h12-15,17-20,53H,3-11,16,21-48H2,1-2H3. The van der Waals surface area contributed by atoms with Crippen molar-refractivity contribution in [1.82, 2.24) is 4.90 Å². The molecule has 0 aliphatic heterocycles. The summed E-state index contributed by atoms with van der Waals surface area (Å²) in [6.45, 7) is 16.4. The molecule has 0 saturated heterocycles. The molecule has 2 aromatic rings. The van der Waals surface area contributed by atoms with Crippen molar-refractivity contribution in [3.05, 3.63) is 59.7 Å². The lowest BCUT2D eigenvalue weighted by atomic mass is 9.98. The molecule has 2 aromatic carbocycles. The van der Waals surface area contributed by atoms with E-state index >= 15 is 0 Å². The molecule has 1 amide bonds. The highest BCUT2D eigenvalue weighted by Crippen LogP contribution is 2.44. The highest BCUT2D eigenvalue weighted by Gasteiger charge is 2.29. The van der Waals surface area contributed by atoms with Gasteiger partial charge in [-0.2, -0.15) is 0 Å². The zero-order valence-corrected chi connectivity index (χ0v) is 43.1. The Labute approximate surface area is 420 Å². The fraction of sp³-hybridized carbons (Fsp3) is 0.759. The maximum absolute atomic E-state index is 12.6. The maximum atomic E-state index is 12.6. The van der Waals surface area contributed by atoms with Crippen LogP contribution in [0.3, 0.4) is 0 Å². The third-order valence-electron chi connectivity index (χ3n) is 11.3. The lowest BCUT2D eigenvalue weighted by Crippen LogP contribution is -2.32. The summed E-state index contributed by atoms with van der Waals surface area (Å²) in [6.07, 6.45) is 13.0. The first kappa shape index (κ1) is 61.5. The number of hydrogen-bond acceptors (Lipinski definition) is 15. The van der Waals surface area contributed by atoms with Crippen molar-refractivity contribution in [2.75, 3.05) is 192 Å². The summed E-state index contributed by atoms with van der Waals surface area (Å²) in [7, 11) is 1.72. The van der Waals surface area contributed by atoms with Gasteiger partial charge in [0, 0.05) is 26.1 Å². The van der Waals surface area contributed by atoms with Crippen molar-refractivity contribution < 1.29 is 71.1 Å². The fourth-order valence-electron chi connectivity index (χ4n) is 7.43. The normalized spacial score (nSPS) is 12.2. The van der Waals surface area contributed by atoms with E-state index in [0.29, 0.717) is 178 Å². The van der Waals surface area contributed by atoms with Gasteiger partial charge in [-0.3, -0.25) is 0 Å². The average molecular weight is 994 g/mol. The van der Waals surface area contributed by atoms with Crippen molar-refractivity contribution in [3.8, 4) is 11.1 Å². The van der Waals surface area contributed by atoms with Gasteiger partial charge in [-0.25, -0.2) is 4.79 Å². The predicted octanol–water partition coefficient (Wildman–Crippen LogP) is 8.00. The quantitative estimate of drug-likeness (QED) is 0.0589. The molecular formula is C54H91NO15. The first-order valence-corrected chi connectivity index (χ1v) is 26.3. The third kappa shape index (κ3) is 32.3. The van der Waals surface area contributed by atoms with Crippen LogP contribution in [-0.4, -0.2) is 203 Å². The number of benzene rings is 2. The molecule has 0 unspecified atom stereocenters. The van der Waals surface area contributed by atoms with Crippen molar-refractivity contribution in [2.45, 2.75) is 77.0 Å². The first-order valence-electron chi connectivity index (χ1n) is 26.3. The molecule has 16 heteroatoms. The Kier molecular flexibility index (Phi) is 40.4. The smallest absolute Gasteiger partial charge is 0.409 e. The van der Waals surface area contributed by atoms with Crippen LogP contribution in [0.2, 0.25) is 0 Å². The molecule has 0 bridgehead atoms. The number of amides is 1. The summed E-state index contributed by atoms with van der Waals surface area (Å²) in [5.41, 5.74) is 4.79. The van der Waals surface area contributed by atoms with Crippen LogP contribution in [0, 0.1) is 0 Å². The number of nitrogens with zero attached hydrogens (tertiary/aromatic N) is 1. The number of rotatable bonds is 52. The topological polar surface area (TPSA) is 150 Å². The molecule has 402 valence electrons. The molecule has 0 N–H and O–H groups in total. The van der Waals surface area contributed by atoms with Gasteiger partial charge < -0.3 is 71.2 Å². The lowest BCUT2D eigenvalue weighted by molar-refractivity contribution is -0.0291. The van der Waals surface area contributed by atoms with Gasteiger partial charge in [-0.15, -0.1) is 0 Å². The number of carbonyl (C=O) groups is 1. The van der Waals surface area contributed by atoms with Crippen LogP contribution in [0.15, 0.2) is 48.5 Å². The molecule has 70 heavy (non-hydrogen) atoms. The highest BCUT2D eigenvalue weighted by molar-refractivity contribution is 5.79. The molecule has 0 fully saturated rings. The first-order chi connectivity index (χ1) is 34.7. The minimum Gasteiger partial charge on any atom is -0.448 e. The van der Waals surface area contributed by atoms with Crippen molar-refractivity contribution >= 4 is 6.09 Å². The molecule has 0 atom stereocenters. The summed E-state index contributed by atoms with van der Waals surface area (Å²) in [6, 6.07) is 16.6. The molecule has 1 aliphatic carbocycles. The van der Waals surface area contributed by atoms with E-state index in [1.54, 1.807) is 7.05 Å². The second-order valence-corrected chi connectivity index (χ2v) is 16.9. The molecule has 1 aliphatic rings. The zero-order valence-electron chi connectivity index (χ0n) is 43.1. The lowest BCUT2D eigenvalue weighted by Gasteiger charge is -2.19. The van der Waals surface area contributed by atoms with Gasteiger partial charge >= 0.3 is 6.09 Å². The summed E-state index contributed by atoms with van der Waals surface area (Å²) in [5, 5.41) is 0. The summed E-state index contributed by atoms with van der Waals surface area (Å²) < 4.78 is 78.0. The van der Waals surface area contributed by atoms with Gasteiger partial charge in [0.25, 0.3) is 0 Å². The predicted molar refractivity (Wildman–Crippen MR) is 270 cm³/mol. The van der Waals surface area contributed by atoms with E-state index in [9.17, 15) is 4.79 Å². The molecule has 0 radical (unpaired) electrons. The van der Waals surface area contributed by atoms with E-state index in [1.807, 2.05) is 24.3 Å². The van der Waals surface area contributed by atoms with Gasteiger partial charge in [0.2, 0.25) is 0 Å². The Bertz CT molecular complexity index is 1430. The molecule has 3 rings (SSSR count). The molecule has 16 nitrogen and oxygen atoms in total. The molecule has 0 heterocycles. The molecule has 0 aromatic heterocycles. The van der Waals surface area contributed by atoms with E-state index in [1.165, 1.54) is 84.9 Å². The van der Waals surface area contributed by atoms with Crippen LogP contribution in [0.25, 0.3) is 11.1 Å².